The summed E-state index contributed by atoms with van der Waals surface area (Å²) in [5, 5.41) is 10.8. The molecule has 1 aromatic rings. The van der Waals surface area contributed by atoms with E-state index in [2.05, 4.69) is 21.7 Å². The predicted octanol–water partition coefficient (Wildman–Crippen LogP) is 1.46. The Labute approximate surface area is 124 Å². The minimum atomic E-state index is -0.409. The van der Waals surface area contributed by atoms with E-state index in [1.165, 1.54) is 6.20 Å². The van der Waals surface area contributed by atoms with Crippen LogP contribution < -0.4 is 4.90 Å². The van der Waals surface area contributed by atoms with Crippen LogP contribution in [0.25, 0.3) is 0 Å². The third-order valence-electron chi connectivity index (χ3n) is 3.89. The zero-order valence-corrected chi connectivity index (χ0v) is 12.8. The number of rotatable bonds is 5. The molecule has 0 amide bonds. The lowest BCUT2D eigenvalue weighted by atomic mass is 10.2. The van der Waals surface area contributed by atoms with E-state index >= 15 is 0 Å². The predicted molar refractivity (Wildman–Crippen MR) is 80.8 cm³/mol. The van der Waals surface area contributed by atoms with Gasteiger partial charge in [0.2, 0.25) is 0 Å². The van der Waals surface area contributed by atoms with Crippen LogP contribution in [0.3, 0.4) is 0 Å². The lowest BCUT2D eigenvalue weighted by molar-refractivity contribution is -0.385. The molecule has 1 aliphatic heterocycles. The van der Waals surface area contributed by atoms with Crippen molar-refractivity contribution < 1.29 is 9.66 Å². The third kappa shape index (κ3) is 3.68. The van der Waals surface area contributed by atoms with Gasteiger partial charge in [-0.05, 0) is 19.4 Å². The summed E-state index contributed by atoms with van der Waals surface area (Å²) in [6.07, 6.45) is 1.34. The first kappa shape index (κ1) is 15.7. The number of hydrogen-bond acceptors (Lipinski definition) is 6. The van der Waals surface area contributed by atoms with E-state index in [1.807, 2.05) is 6.92 Å². The SMILES string of the molecule is COCC(C)N1CCN(c2ncc([N+](=O)[O-])cc2C)CC1. The van der Waals surface area contributed by atoms with Crippen molar-refractivity contribution in [1.29, 1.82) is 0 Å². The van der Waals surface area contributed by atoms with Crippen LogP contribution in [-0.2, 0) is 4.74 Å². The maximum Gasteiger partial charge on any atom is 0.287 e. The molecule has 2 heterocycles. The molecule has 0 aliphatic carbocycles. The van der Waals surface area contributed by atoms with Crippen molar-refractivity contribution >= 4 is 11.5 Å². The molecule has 1 aliphatic rings. The number of aromatic nitrogens is 1. The van der Waals surface area contributed by atoms with Crippen LogP contribution in [0, 0.1) is 17.0 Å². The van der Waals surface area contributed by atoms with E-state index in [0.717, 1.165) is 44.2 Å². The summed E-state index contributed by atoms with van der Waals surface area (Å²) >= 11 is 0. The number of hydrogen-bond donors (Lipinski definition) is 0. The smallest absolute Gasteiger partial charge is 0.287 e. The van der Waals surface area contributed by atoms with E-state index < -0.39 is 4.92 Å². The summed E-state index contributed by atoms with van der Waals surface area (Å²) in [5.41, 5.74) is 0.895. The molecule has 7 heteroatoms. The number of ether oxygens (including phenoxy) is 1. The summed E-state index contributed by atoms with van der Waals surface area (Å²) in [6.45, 7) is 8.41. The van der Waals surface area contributed by atoms with Gasteiger partial charge in [0.15, 0.2) is 0 Å². The lowest BCUT2D eigenvalue weighted by Gasteiger charge is -2.38. The van der Waals surface area contributed by atoms with Gasteiger partial charge in [-0.2, -0.15) is 0 Å². The Hall–Kier alpha value is -1.73. The topological polar surface area (TPSA) is 71.7 Å². The number of piperazine rings is 1. The average molecular weight is 294 g/mol. The van der Waals surface area contributed by atoms with Crippen LogP contribution in [0.5, 0.6) is 0 Å². The Morgan fingerprint density at radius 3 is 2.62 bits per heavy atom. The van der Waals surface area contributed by atoms with Crippen LogP contribution in [0.15, 0.2) is 12.3 Å². The molecule has 1 atom stereocenters. The second-order valence-electron chi connectivity index (χ2n) is 5.42. The van der Waals surface area contributed by atoms with Crippen LogP contribution in [0.2, 0.25) is 0 Å². The molecule has 1 fully saturated rings. The Bertz CT molecular complexity index is 501. The number of anilines is 1. The molecule has 7 nitrogen and oxygen atoms in total. The Kier molecular flexibility index (Phi) is 5.08. The summed E-state index contributed by atoms with van der Waals surface area (Å²) < 4.78 is 5.19. The van der Waals surface area contributed by atoms with Gasteiger partial charge in [-0.1, -0.05) is 0 Å². The van der Waals surface area contributed by atoms with Crippen molar-refractivity contribution in [3.63, 3.8) is 0 Å². The second kappa shape index (κ2) is 6.82. The zero-order valence-electron chi connectivity index (χ0n) is 12.8. The zero-order chi connectivity index (χ0) is 15.4. The molecule has 0 bridgehead atoms. The van der Waals surface area contributed by atoms with Gasteiger partial charge < -0.3 is 9.64 Å². The van der Waals surface area contributed by atoms with E-state index in [9.17, 15) is 10.1 Å². The van der Waals surface area contributed by atoms with Gasteiger partial charge in [-0.25, -0.2) is 4.98 Å². The molecule has 116 valence electrons. The first-order valence-corrected chi connectivity index (χ1v) is 7.12. The number of methoxy groups -OCH3 is 1. The quantitative estimate of drug-likeness (QED) is 0.604. The molecule has 0 N–H and O–H groups in total. The highest BCUT2D eigenvalue weighted by molar-refractivity contribution is 5.50. The molecule has 2 rings (SSSR count). The Morgan fingerprint density at radius 1 is 1.43 bits per heavy atom. The number of nitrogens with zero attached hydrogens (tertiary/aromatic N) is 4. The van der Waals surface area contributed by atoms with Crippen molar-refractivity contribution in [1.82, 2.24) is 9.88 Å². The molecule has 0 spiro atoms. The largest absolute Gasteiger partial charge is 0.383 e. The molecule has 0 saturated carbocycles. The summed E-state index contributed by atoms with van der Waals surface area (Å²) in [5.74, 6) is 0.847. The van der Waals surface area contributed by atoms with Gasteiger partial charge in [-0.15, -0.1) is 0 Å². The highest BCUT2D eigenvalue weighted by Gasteiger charge is 2.23. The fourth-order valence-corrected chi connectivity index (χ4v) is 2.70. The summed E-state index contributed by atoms with van der Waals surface area (Å²) in [6, 6.07) is 1.99. The summed E-state index contributed by atoms with van der Waals surface area (Å²) in [7, 11) is 1.72. The number of nitro groups is 1. The third-order valence-corrected chi connectivity index (χ3v) is 3.89. The Morgan fingerprint density at radius 2 is 2.10 bits per heavy atom. The molecular formula is C14H22N4O3. The van der Waals surface area contributed by atoms with Gasteiger partial charge in [0.1, 0.15) is 12.0 Å². The maximum absolute atomic E-state index is 10.8. The fraction of sp³-hybridized carbons (Fsp3) is 0.643. The first-order chi connectivity index (χ1) is 10.0. The second-order valence-corrected chi connectivity index (χ2v) is 5.42. The van der Waals surface area contributed by atoms with Crippen molar-refractivity contribution in [3.05, 3.63) is 27.9 Å². The van der Waals surface area contributed by atoms with E-state index in [1.54, 1.807) is 13.2 Å². The van der Waals surface area contributed by atoms with Crippen molar-refractivity contribution in [2.75, 3.05) is 44.8 Å². The molecular weight excluding hydrogens is 272 g/mol. The lowest BCUT2D eigenvalue weighted by Crippen LogP contribution is -2.51. The molecule has 1 unspecified atom stereocenters. The van der Waals surface area contributed by atoms with Gasteiger partial charge in [0.25, 0.3) is 5.69 Å². The standard InChI is InChI=1S/C14H22N4O3/c1-11-8-13(18(19)20)9-15-14(11)17-6-4-16(5-7-17)12(2)10-21-3/h8-9,12H,4-7,10H2,1-3H3. The summed E-state index contributed by atoms with van der Waals surface area (Å²) in [4.78, 5) is 19.2. The van der Waals surface area contributed by atoms with Crippen molar-refractivity contribution in [2.24, 2.45) is 0 Å². The van der Waals surface area contributed by atoms with E-state index in [4.69, 9.17) is 4.74 Å². The molecule has 21 heavy (non-hydrogen) atoms. The number of aryl methyl sites for hydroxylation is 1. The maximum atomic E-state index is 10.8. The Balaban J connectivity index is 2.00. The normalized spacial score (nSPS) is 17.8. The number of pyridine rings is 1. The molecule has 0 aromatic carbocycles. The van der Waals surface area contributed by atoms with Crippen LogP contribution >= 0.6 is 0 Å². The van der Waals surface area contributed by atoms with Gasteiger partial charge in [0, 0.05) is 45.4 Å². The highest BCUT2D eigenvalue weighted by atomic mass is 16.6. The van der Waals surface area contributed by atoms with Crippen molar-refractivity contribution in [2.45, 2.75) is 19.9 Å². The average Bonchev–Trinajstić information content (AvgIpc) is 2.47. The van der Waals surface area contributed by atoms with E-state index in [-0.39, 0.29) is 5.69 Å². The molecule has 1 aromatic heterocycles. The molecule has 1 saturated heterocycles. The van der Waals surface area contributed by atoms with E-state index in [0.29, 0.717) is 6.04 Å². The van der Waals surface area contributed by atoms with Crippen LogP contribution in [0.4, 0.5) is 11.5 Å². The molecule has 0 radical (unpaired) electrons. The van der Waals surface area contributed by atoms with Crippen molar-refractivity contribution in [3.8, 4) is 0 Å². The van der Waals surface area contributed by atoms with Gasteiger partial charge in [-0.3, -0.25) is 15.0 Å². The fourth-order valence-electron chi connectivity index (χ4n) is 2.70. The minimum absolute atomic E-state index is 0.0450. The van der Waals surface area contributed by atoms with Crippen LogP contribution in [-0.4, -0.2) is 60.7 Å². The highest BCUT2D eigenvalue weighted by Crippen LogP contribution is 2.23. The van der Waals surface area contributed by atoms with Gasteiger partial charge in [0.05, 0.1) is 11.5 Å². The minimum Gasteiger partial charge on any atom is -0.383 e. The monoisotopic (exact) mass is 294 g/mol. The van der Waals surface area contributed by atoms with Crippen LogP contribution in [0.1, 0.15) is 12.5 Å². The van der Waals surface area contributed by atoms with Gasteiger partial charge >= 0.3 is 0 Å². The first-order valence-electron chi connectivity index (χ1n) is 7.12.